The van der Waals surface area contributed by atoms with Crippen LogP contribution in [0, 0.1) is 0 Å². The molecule has 3 rings (SSSR count). The number of rotatable bonds is 2. The van der Waals surface area contributed by atoms with E-state index in [0.717, 1.165) is 0 Å². The predicted molar refractivity (Wildman–Crippen MR) is 56.3 cm³/mol. The molecule has 0 unspecified atom stereocenters. The molecule has 0 aliphatic carbocycles. The first kappa shape index (κ1) is 10.7. The second kappa shape index (κ2) is 4.10. The number of nitrogen functional groups attached to an aromatic ring is 1. The lowest BCUT2D eigenvalue weighted by Crippen LogP contribution is -2.34. The molecule has 2 aliphatic rings. The highest BCUT2D eigenvalue weighted by Crippen LogP contribution is 2.28. The molecule has 17 heavy (non-hydrogen) atoms. The molecule has 1 aromatic heterocycles. The van der Waals surface area contributed by atoms with Crippen LogP contribution in [-0.2, 0) is 9.47 Å². The molecule has 3 N–H and O–H groups in total. The van der Waals surface area contributed by atoms with Gasteiger partial charge in [-0.05, 0) is 0 Å². The number of aliphatic hydroxyl groups excluding tert-OH is 1. The van der Waals surface area contributed by atoms with Crippen molar-refractivity contribution in [1.82, 2.24) is 9.97 Å². The van der Waals surface area contributed by atoms with Gasteiger partial charge in [0.2, 0.25) is 0 Å². The van der Waals surface area contributed by atoms with E-state index in [2.05, 4.69) is 9.97 Å². The Bertz CT molecular complexity index is 399. The van der Waals surface area contributed by atoms with Crippen LogP contribution in [0.5, 0.6) is 6.01 Å². The van der Waals surface area contributed by atoms with Gasteiger partial charge >= 0.3 is 6.01 Å². The molecule has 7 nitrogen and oxygen atoms in total. The van der Waals surface area contributed by atoms with E-state index in [4.69, 9.17) is 19.9 Å². The maximum atomic E-state index is 9.57. The molecule has 0 aromatic carbocycles. The van der Waals surface area contributed by atoms with Crippen LogP contribution in [-0.4, -0.2) is 52.7 Å². The number of hydrogen-bond acceptors (Lipinski definition) is 7. The third-order valence-corrected chi connectivity index (χ3v) is 2.89. The summed E-state index contributed by atoms with van der Waals surface area (Å²) in [5, 5.41) is 9.57. The van der Waals surface area contributed by atoms with Crippen molar-refractivity contribution in [3.05, 3.63) is 12.4 Å². The second-order valence-electron chi connectivity index (χ2n) is 4.12. The lowest BCUT2D eigenvalue weighted by molar-refractivity contribution is 0.00681. The molecule has 92 valence electrons. The Morgan fingerprint density at radius 2 is 1.94 bits per heavy atom. The minimum atomic E-state index is -0.582. The topological polar surface area (TPSA) is 99.7 Å². The molecule has 2 fully saturated rings. The van der Waals surface area contributed by atoms with Crippen molar-refractivity contribution in [3.8, 4) is 6.01 Å². The molecule has 0 spiro atoms. The molecule has 1 aromatic rings. The van der Waals surface area contributed by atoms with Gasteiger partial charge < -0.3 is 25.1 Å². The number of fused-ring (bicyclic) bond motifs is 1. The number of ether oxygens (including phenoxy) is 3. The van der Waals surface area contributed by atoms with E-state index < -0.39 is 6.10 Å². The highest BCUT2D eigenvalue weighted by Gasteiger charge is 2.48. The van der Waals surface area contributed by atoms with Gasteiger partial charge in [-0.1, -0.05) is 0 Å². The monoisotopic (exact) mass is 239 g/mol. The van der Waals surface area contributed by atoms with E-state index in [1.54, 1.807) is 0 Å². The maximum Gasteiger partial charge on any atom is 0.316 e. The van der Waals surface area contributed by atoms with Gasteiger partial charge in [0.15, 0.2) is 6.10 Å². The molecule has 0 amide bonds. The van der Waals surface area contributed by atoms with Gasteiger partial charge in [0.25, 0.3) is 0 Å². The Hall–Kier alpha value is -1.44. The zero-order chi connectivity index (χ0) is 11.8. The average molecular weight is 239 g/mol. The van der Waals surface area contributed by atoms with Gasteiger partial charge in [-0.2, -0.15) is 0 Å². The summed E-state index contributed by atoms with van der Waals surface area (Å²) in [6.07, 6.45) is 1.50. The van der Waals surface area contributed by atoms with Crippen LogP contribution in [0.25, 0.3) is 0 Å². The minimum absolute atomic E-state index is 0.235. The summed E-state index contributed by atoms with van der Waals surface area (Å²) >= 11 is 0. The maximum absolute atomic E-state index is 9.57. The van der Waals surface area contributed by atoms with Crippen LogP contribution in [0.2, 0.25) is 0 Å². The Labute approximate surface area is 97.5 Å². The van der Waals surface area contributed by atoms with Crippen LogP contribution in [0.1, 0.15) is 0 Å². The fraction of sp³-hybridized carbons (Fsp3) is 0.600. The summed E-state index contributed by atoms with van der Waals surface area (Å²) < 4.78 is 16.4. The standard InChI is InChI=1S/C10H13N3O4/c11-5-1-12-10(13-2-5)17-7-4-16-8-6(14)3-15-9(7)8/h1-2,6-9,14H,3-4,11H2/t6-,7-,8-,9-/m1/s1. The first-order valence-corrected chi connectivity index (χ1v) is 5.39. The van der Waals surface area contributed by atoms with Gasteiger partial charge in [0.1, 0.15) is 18.3 Å². The summed E-state index contributed by atoms with van der Waals surface area (Å²) in [4.78, 5) is 7.89. The lowest BCUT2D eigenvalue weighted by atomic mass is 10.1. The molecular formula is C10H13N3O4. The van der Waals surface area contributed by atoms with Crippen molar-refractivity contribution >= 4 is 5.69 Å². The van der Waals surface area contributed by atoms with E-state index in [9.17, 15) is 5.11 Å². The van der Waals surface area contributed by atoms with Gasteiger partial charge in [0.05, 0.1) is 31.3 Å². The van der Waals surface area contributed by atoms with E-state index in [-0.39, 0.29) is 30.9 Å². The number of aliphatic hydroxyl groups is 1. The number of nitrogens with two attached hydrogens (primary N) is 1. The van der Waals surface area contributed by atoms with Crippen LogP contribution in [0.4, 0.5) is 5.69 Å². The molecule has 2 aliphatic heterocycles. The SMILES string of the molecule is Nc1cnc(O[C@@H]2CO[C@H]3[C@@H]2OC[C@H]3O)nc1. The largest absolute Gasteiger partial charge is 0.455 e. The smallest absolute Gasteiger partial charge is 0.316 e. The molecule has 0 saturated carbocycles. The third-order valence-electron chi connectivity index (χ3n) is 2.89. The summed E-state index contributed by atoms with van der Waals surface area (Å²) in [6, 6.07) is 0.235. The van der Waals surface area contributed by atoms with Crippen LogP contribution in [0.15, 0.2) is 12.4 Å². The van der Waals surface area contributed by atoms with E-state index >= 15 is 0 Å². The van der Waals surface area contributed by atoms with E-state index in [1.165, 1.54) is 12.4 Å². The Morgan fingerprint density at radius 1 is 1.24 bits per heavy atom. The summed E-state index contributed by atoms with van der Waals surface area (Å²) in [6.45, 7) is 0.637. The summed E-state index contributed by atoms with van der Waals surface area (Å²) in [5.74, 6) is 0. The van der Waals surface area contributed by atoms with Gasteiger partial charge in [-0.15, -0.1) is 0 Å². The van der Waals surface area contributed by atoms with Crippen LogP contribution >= 0.6 is 0 Å². The Kier molecular flexibility index (Phi) is 2.58. The molecule has 2 saturated heterocycles. The number of nitrogens with zero attached hydrogens (tertiary/aromatic N) is 2. The Morgan fingerprint density at radius 3 is 2.71 bits per heavy atom. The van der Waals surface area contributed by atoms with Crippen LogP contribution < -0.4 is 10.5 Å². The van der Waals surface area contributed by atoms with Gasteiger partial charge in [-0.25, -0.2) is 9.97 Å². The van der Waals surface area contributed by atoms with Gasteiger partial charge in [-0.3, -0.25) is 0 Å². The van der Waals surface area contributed by atoms with Crippen molar-refractivity contribution in [3.63, 3.8) is 0 Å². The van der Waals surface area contributed by atoms with Crippen molar-refractivity contribution in [1.29, 1.82) is 0 Å². The third kappa shape index (κ3) is 1.92. The Balaban J connectivity index is 1.68. The predicted octanol–water partition coefficient (Wildman–Crippen LogP) is -1.04. The molecule has 0 radical (unpaired) electrons. The average Bonchev–Trinajstić information content (AvgIpc) is 2.87. The quantitative estimate of drug-likeness (QED) is 0.680. The zero-order valence-electron chi connectivity index (χ0n) is 9.02. The highest BCUT2D eigenvalue weighted by atomic mass is 16.6. The number of aromatic nitrogens is 2. The van der Waals surface area contributed by atoms with Crippen LogP contribution in [0.3, 0.4) is 0 Å². The molecular weight excluding hydrogens is 226 g/mol. The number of anilines is 1. The first-order chi connectivity index (χ1) is 8.24. The molecule has 7 heteroatoms. The van der Waals surface area contributed by atoms with E-state index in [1.807, 2.05) is 0 Å². The second-order valence-corrected chi connectivity index (χ2v) is 4.12. The molecule has 0 bridgehead atoms. The van der Waals surface area contributed by atoms with Gasteiger partial charge in [0, 0.05) is 0 Å². The summed E-state index contributed by atoms with van der Waals surface area (Å²) in [5.41, 5.74) is 5.95. The molecule has 3 heterocycles. The highest BCUT2D eigenvalue weighted by molar-refractivity contribution is 5.30. The zero-order valence-corrected chi connectivity index (χ0v) is 9.02. The molecule has 4 atom stereocenters. The van der Waals surface area contributed by atoms with Crippen molar-refractivity contribution in [2.45, 2.75) is 24.4 Å². The fourth-order valence-corrected chi connectivity index (χ4v) is 2.07. The van der Waals surface area contributed by atoms with Crippen molar-refractivity contribution in [2.24, 2.45) is 0 Å². The minimum Gasteiger partial charge on any atom is -0.455 e. The van der Waals surface area contributed by atoms with Crippen molar-refractivity contribution in [2.75, 3.05) is 18.9 Å². The lowest BCUT2D eigenvalue weighted by Gasteiger charge is -2.16. The summed E-state index contributed by atoms with van der Waals surface area (Å²) in [7, 11) is 0. The van der Waals surface area contributed by atoms with Crippen molar-refractivity contribution < 1.29 is 19.3 Å². The fourth-order valence-electron chi connectivity index (χ4n) is 2.07. The van der Waals surface area contributed by atoms with E-state index in [0.29, 0.717) is 12.3 Å². The normalized spacial score (nSPS) is 35.8. The number of hydrogen-bond donors (Lipinski definition) is 2. The first-order valence-electron chi connectivity index (χ1n) is 5.39.